The third-order valence-electron chi connectivity index (χ3n) is 2.74. The largest absolute Gasteiger partial charge is 0.385 e. The van der Waals surface area contributed by atoms with Crippen LogP contribution in [0.1, 0.15) is 38.5 Å². The molecule has 1 atom stereocenters. The van der Waals surface area contributed by atoms with E-state index in [1.54, 1.807) is 7.11 Å². The van der Waals surface area contributed by atoms with Gasteiger partial charge in [-0.3, -0.25) is 0 Å². The van der Waals surface area contributed by atoms with Gasteiger partial charge in [0, 0.05) is 18.5 Å². The van der Waals surface area contributed by atoms with Gasteiger partial charge >= 0.3 is 0 Å². The Bertz CT molecular complexity index is 110. The first kappa shape index (κ1) is 10.5. The Labute approximate surface area is 84.0 Å². The molecule has 0 aromatic heterocycles. The molecular formula is C10H19BrO. The lowest BCUT2D eigenvalue weighted by atomic mass is 10.0. The summed E-state index contributed by atoms with van der Waals surface area (Å²) in [6.45, 7) is 0.912. The van der Waals surface area contributed by atoms with Crippen molar-refractivity contribution in [2.75, 3.05) is 13.7 Å². The van der Waals surface area contributed by atoms with Crippen LogP contribution in [0.4, 0.5) is 0 Å². The lowest BCUT2D eigenvalue weighted by Gasteiger charge is -2.16. The highest BCUT2D eigenvalue weighted by atomic mass is 79.9. The van der Waals surface area contributed by atoms with E-state index in [0.717, 1.165) is 17.4 Å². The number of rotatable bonds is 5. The topological polar surface area (TPSA) is 9.23 Å². The molecule has 1 nitrogen and oxygen atoms in total. The Kier molecular flexibility index (Phi) is 5.24. The molecule has 0 aromatic carbocycles. The number of methoxy groups -OCH3 is 1. The number of hydrogen-bond acceptors (Lipinski definition) is 1. The van der Waals surface area contributed by atoms with Crippen LogP contribution in [-0.2, 0) is 4.74 Å². The van der Waals surface area contributed by atoms with E-state index in [0.29, 0.717) is 0 Å². The summed E-state index contributed by atoms with van der Waals surface area (Å²) in [6, 6.07) is 0. The first-order valence-electron chi connectivity index (χ1n) is 4.97. The maximum atomic E-state index is 5.03. The molecule has 0 saturated heterocycles. The molecule has 1 aliphatic carbocycles. The summed E-state index contributed by atoms with van der Waals surface area (Å²) in [5.74, 6) is 0.946. The van der Waals surface area contributed by atoms with Crippen molar-refractivity contribution in [3.63, 3.8) is 0 Å². The zero-order chi connectivity index (χ0) is 8.81. The van der Waals surface area contributed by atoms with Crippen LogP contribution in [0, 0.1) is 5.92 Å². The number of ether oxygens (including phenoxy) is 1. The highest BCUT2D eigenvalue weighted by Gasteiger charge is 2.21. The van der Waals surface area contributed by atoms with Gasteiger partial charge in [-0.25, -0.2) is 0 Å². The van der Waals surface area contributed by atoms with E-state index < -0.39 is 0 Å². The summed E-state index contributed by atoms with van der Waals surface area (Å²) in [5, 5.41) is 0. The van der Waals surface area contributed by atoms with Gasteiger partial charge in [0.1, 0.15) is 0 Å². The average Bonchev–Trinajstić information content (AvgIpc) is 2.56. The highest BCUT2D eigenvalue weighted by Crippen LogP contribution is 2.33. The first-order chi connectivity index (χ1) is 5.84. The standard InChI is InChI=1S/C10H19BrO/c1-12-8-4-7-10(11)9-5-2-3-6-9/h9-10H,2-8H2,1H3. The second-order valence-electron chi connectivity index (χ2n) is 3.70. The zero-order valence-corrected chi connectivity index (χ0v) is 9.48. The summed E-state index contributed by atoms with van der Waals surface area (Å²) in [5.41, 5.74) is 0. The summed E-state index contributed by atoms with van der Waals surface area (Å²) in [4.78, 5) is 0.746. The molecule has 0 bridgehead atoms. The van der Waals surface area contributed by atoms with E-state index in [2.05, 4.69) is 15.9 Å². The number of halogens is 1. The third-order valence-corrected chi connectivity index (χ3v) is 3.95. The quantitative estimate of drug-likeness (QED) is 0.524. The van der Waals surface area contributed by atoms with Gasteiger partial charge in [-0.15, -0.1) is 0 Å². The molecule has 1 saturated carbocycles. The minimum Gasteiger partial charge on any atom is -0.385 e. The van der Waals surface area contributed by atoms with E-state index >= 15 is 0 Å². The van der Waals surface area contributed by atoms with Crippen LogP contribution < -0.4 is 0 Å². The molecule has 72 valence electrons. The second kappa shape index (κ2) is 5.98. The molecular weight excluding hydrogens is 216 g/mol. The minimum absolute atomic E-state index is 0.746. The van der Waals surface area contributed by atoms with Gasteiger partial charge in [0.2, 0.25) is 0 Å². The van der Waals surface area contributed by atoms with E-state index in [1.807, 2.05) is 0 Å². The van der Waals surface area contributed by atoms with Crippen LogP contribution in [0.15, 0.2) is 0 Å². The fourth-order valence-corrected chi connectivity index (χ4v) is 2.83. The molecule has 1 unspecified atom stereocenters. The molecule has 0 aliphatic heterocycles. The van der Waals surface area contributed by atoms with Crippen molar-refractivity contribution < 1.29 is 4.74 Å². The van der Waals surface area contributed by atoms with Crippen molar-refractivity contribution in [3.05, 3.63) is 0 Å². The predicted octanol–water partition coefficient (Wildman–Crippen LogP) is 3.37. The van der Waals surface area contributed by atoms with Crippen molar-refractivity contribution >= 4 is 15.9 Å². The van der Waals surface area contributed by atoms with Gasteiger partial charge in [-0.1, -0.05) is 28.8 Å². The summed E-state index contributed by atoms with van der Waals surface area (Å²) in [7, 11) is 1.78. The van der Waals surface area contributed by atoms with Crippen LogP contribution in [0.25, 0.3) is 0 Å². The van der Waals surface area contributed by atoms with E-state index in [-0.39, 0.29) is 0 Å². The van der Waals surface area contributed by atoms with Gasteiger partial charge in [0.15, 0.2) is 0 Å². The highest BCUT2D eigenvalue weighted by molar-refractivity contribution is 9.09. The number of hydrogen-bond donors (Lipinski definition) is 0. The van der Waals surface area contributed by atoms with Crippen LogP contribution in [-0.4, -0.2) is 18.5 Å². The van der Waals surface area contributed by atoms with E-state index in [4.69, 9.17) is 4.74 Å². The molecule has 1 rings (SSSR count). The zero-order valence-electron chi connectivity index (χ0n) is 7.89. The average molecular weight is 235 g/mol. The van der Waals surface area contributed by atoms with Crippen molar-refractivity contribution in [3.8, 4) is 0 Å². The maximum Gasteiger partial charge on any atom is 0.0462 e. The molecule has 0 aromatic rings. The van der Waals surface area contributed by atoms with Gasteiger partial charge in [-0.05, 0) is 31.6 Å². The normalized spacial score (nSPS) is 21.5. The molecule has 0 radical (unpaired) electrons. The molecule has 0 heterocycles. The SMILES string of the molecule is COCCCC(Br)C1CCCC1. The Hall–Kier alpha value is 0.440. The molecule has 0 N–H and O–H groups in total. The molecule has 0 spiro atoms. The van der Waals surface area contributed by atoms with Gasteiger partial charge < -0.3 is 4.74 Å². The van der Waals surface area contributed by atoms with Crippen LogP contribution in [0.3, 0.4) is 0 Å². The molecule has 2 heteroatoms. The Morgan fingerprint density at radius 1 is 1.42 bits per heavy atom. The monoisotopic (exact) mass is 234 g/mol. The first-order valence-corrected chi connectivity index (χ1v) is 5.89. The fourth-order valence-electron chi connectivity index (χ4n) is 1.98. The van der Waals surface area contributed by atoms with Crippen molar-refractivity contribution in [2.45, 2.75) is 43.4 Å². The fraction of sp³-hybridized carbons (Fsp3) is 1.00. The predicted molar refractivity (Wildman–Crippen MR) is 55.8 cm³/mol. The summed E-state index contributed by atoms with van der Waals surface area (Å²) in [6.07, 6.45) is 8.22. The van der Waals surface area contributed by atoms with E-state index in [9.17, 15) is 0 Å². The summed E-state index contributed by atoms with van der Waals surface area (Å²) < 4.78 is 5.03. The summed E-state index contributed by atoms with van der Waals surface area (Å²) >= 11 is 3.78. The smallest absolute Gasteiger partial charge is 0.0462 e. The second-order valence-corrected chi connectivity index (χ2v) is 4.87. The van der Waals surface area contributed by atoms with Gasteiger partial charge in [-0.2, -0.15) is 0 Å². The van der Waals surface area contributed by atoms with E-state index in [1.165, 1.54) is 38.5 Å². The minimum atomic E-state index is 0.746. The lowest BCUT2D eigenvalue weighted by Crippen LogP contribution is -2.11. The van der Waals surface area contributed by atoms with Crippen LogP contribution in [0.5, 0.6) is 0 Å². The third kappa shape index (κ3) is 3.44. The molecule has 12 heavy (non-hydrogen) atoms. The molecule has 1 fully saturated rings. The van der Waals surface area contributed by atoms with Crippen LogP contribution in [0.2, 0.25) is 0 Å². The van der Waals surface area contributed by atoms with Crippen molar-refractivity contribution in [1.82, 2.24) is 0 Å². The lowest BCUT2D eigenvalue weighted by molar-refractivity contribution is 0.191. The van der Waals surface area contributed by atoms with Gasteiger partial charge in [0.05, 0.1) is 0 Å². The van der Waals surface area contributed by atoms with Crippen molar-refractivity contribution in [1.29, 1.82) is 0 Å². The Balaban J connectivity index is 2.05. The van der Waals surface area contributed by atoms with Crippen LogP contribution >= 0.6 is 15.9 Å². The molecule has 1 aliphatic rings. The van der Waals surface area contributed by atoms with Crippen molar-refractivity contribution in [2.24, 2.45) is 5.92 Å². The van der Waals surface area contributed by atoms with Gasteiger partial charge in [0.25, 0.3) is 0 Å². The maximum absolute atomic E-state index is 5.03. The molecule has 0 amide bonds. The number of alkyl halides is 1. The Morgan fingerprint density at radius 3 is 2.67 bits per heavy atom. The Morgan fingerprint density at radius 2 is 2.08 bits per heavy atom.